The minimum atomic E-state index is -1.07. The summed E-state index contributed by atoms with van der Waals surface area (Å²) in [5.74, 6) is -1.52. The first kappa shape index (κ1) is 14.2. The predicted molar refractivity (Wildman–Crippen MR) is 78.1 cm³/mol. The summed E-state index contributed by atoms with van der Waals surface area (Å²) in [6.07, 6.45) is 0. The van der Waals surface area contributed by atoms with Gasteiger partial charge in [0.25, 0.3) is 5.91 Å². The van der Waals surface area contributed by atoms with E-state index >= 15 is 0 Å². The molecule has 2 rings (SSSR count). The third-order valence-corrected chi connectivity index (χ3v) is 3.96. The van der Waals surface area contributed by atoms with Gasteiger partial charge in [-0.25, -0.2) is 4.79 Å². The molecule has 0 bridgehead atoms. The van der Waals surface area contributed by atoms with Crippen molar-refractivity contribution in [2.24, 2.45) is 0 Å². The molecule has 0 saturated carbocycles. The van der Waals surface area contributed by atoms with Crippen molar-refractivity contribution in [3.05, 3.63) is 50.1 Å². The van der Waals surface area contributed by atoms with Crippen LogP contribution in [0.15, 0.2) is 34.8 Å². The van der Waals surface area contributed by atoms with Crippen LogP contribution in [0.4, 0.5) is 5.69 Å². The molecule has 0 unspecified atom stereocenters. The first-order valence-corrected chi connectivity index (χ1v) is 6.96. The molecule has 0 atom stereocenters. The molecule has 5 nitrogen and oxygen atoms in total. The molecule has 0 fully saturated rings. The molecule has 100 valence electrons. The number of benzene rings is 1. The fraction of sp³-hybridized carbons (Fsp3) is 0. The zero-order chi connectivity index (χ0) is 14.7. The molecule has 1 heterocycles. The Bertz CT molecular complexity index is 733. The summed E-state index contributed by atoms with van der Waals surface area (Å²) in [6.45, 7) is 0. The second kappa shape index (κ2) is 5.86. The van der Waals surface area contributed by atoms with Crippen LogP contribution >= 0.6 is 27.3 Å². The number of carbonyl (C=O) groups is 2. The van der Waals surface area contributed by atoms with E-state index < -0.39 is 11.9 Å². The van der Waals surface area contributed by atoms with Crippen molar-refractivity contribution in [3.8, 4) is 6.07 Å². The molecule has 7 heteroatoms. The molecule has 2 N–H and O–H groups in total. The van der Waals surface area contributed by atoms with Gasteiger partial charge >= 0.3 is 5.97 Å². The third kappa shape index (κ3) is 3.04. The molecule has 0 aliphatic rings. The number of nitrogens with one attached hydrogen (secondary N) is 1. The minimum Gasteiger partial charge on any atom is -0.477 e. The van der Waals surface area contributed by atoms with E-state index in [-0.39, 0.29) is 9.75 Å². The molecule has 1 aromatic carbocycles. The van der Waals surface area contributed by atoms with Gasteiger partial charge in [0, 0.05) is 4.47 Å². The highest BCUT2D eigenvalue weighted by molar-refractivity contribution is 9.10. The molecule has 1 amide bonds. The Balaban J connectivity index is 2.25. The molecule has 0 aliphatic carbocycles. The van der Waals surface area contributed by atoms with Crippen molar-refractivity contribution in [2.45, 2.75) is 0 Å². The molecule has 20 heavy (non-hydrogen) atoms. The van der Waals surface area contributed by atoms with Gasteiger partial charge in [-0.05, 0) is 30.3 Å². The molecule has 1 aromatic heterocycles. The Labute approximate surface area is 126 Å². The number of hydrogen-bond donors (Lipinski definition) is 2. The quantitative estimate of drug-likeness (QED) is 0.888. The van der Waals surface area contributed by atoms with Gasteiger partial charge in [-0.15, -0.1) is 11.3 Å². The lowest BCUT2D eigenvalue weighted by Gasteiger charge is -2.06. The highest BCUT2D eigenvalue weighted by atomic mass is 79.9. The fourth-order valence-corrected chi connectivity index (χ4v) is 2.58. The van der Waals surface area contributed by atoms with Crippen LogP contribution in [0.1, 0.15) is 24.9 Å². The average molecular weight is 351 g/mol. The number of nitrogens with zero attached hydrogens (tertiary/aromatic N) is 1. The maximum Gasteiger partial charge on any atom is 0.345 e. The summed E-state index contributed by atoms with van der Waals surface area (Å²) in [6, 6.07) is 9.67. The fourth-order valence-electron chi connectivity index (χ4n) is 1.48. The SMILES string of the molecule is N#Cc1ccc(Br)cc1NC(=O)c1ccc(C(=O)O)s1. The number of carboxylic acid groups (broad SMARTS) is 1. The van der Waals surface area contributed by atoms with E-state index in [1.54, 1.807) is 18.2 Å². The van der Waals surface area contributed by atoms with E-state index in [1.807, 2.05) is 6.07 Å². The summed E-state index contributed by atoms with van der Waals surface area (Å²) >= 11 is 4.14. The second-order valence-corrected chi connectivity index (χ2v) is 5.72. The first-order chi connectivity index (χ1) is 9.51. The number of nitriles is 1. The molecule has 0 spiro atoms. The van der Waals surface area contributed by atoms with Gasteiger partial charge in [0.15, 0.2) is 0 Å². The molecule has 0 aliphatic heterocycles. The van der Waals surface area contributed by atoms with Crippen LogP contribution in [-0.4, -0.2) is 17.0 Å². The van der Waals surface area contributed by atoms with E-state index in [4.69, 9.17) is 10.4 Å². The third-order valence-electron chi connectivity index (χ3n) is 2.39. The molecular weight excluding hydrogens is 344 g/mol. The lowest BCUT2D eigenvalue weighted by Crippen LogP contribution is -2.11. The van der Waals surface area contributed by atoms with Gasteiger partial charge in [-0.2, -0.15) is 5.26 Å². The number of thiophene rings is 1. The van der Waals surface area contributed by atoms with Gasteiger partial charge in [0.1, 0.15) is 10.9 Å². The summed E-state index contributed by atoms with van der Waals surface area (Å²) in [7, 11) is 0. The number of rotatable bonds is 3. The molecule has 0 saturated heterocycles. The number of carboxylic acids is 1. The zero-order valence-corrected chi connectivity index (χ0v) is 12.3. The van der Waals surface area contributed by atoms with Crippen molar-refractivity contribution in [1.29, 1.82) is 5.26 Å². The number of aromatic carboxylic acids is 1. The van der Waals surface area contributed by atoms with Gasteiger partial charge in [0.05, 0.1) is 16.1 Å². The van der Waals surface area contributed by atoms with Crippen molar-refractivity contribution >= 4 is 44.8 Å². The number of hydrogen-bond acceptors (Lipinski definition) is 4. The second-order valence-electron chi connectivity index (χ2n) is 3.72. The van der Waals surface area contributed by atoms with Crippen LogP contribution in [0.2, 0.25) is 0 Å². The highest BCUT2D eigenvalue weighted by Gasteiger charge is 2.14. The van der Waals surface area contributed by atoms with Crippen LogP contribution in [0.5, 0.6) is 0 Å². The standard InChI is InChI=1S/C13H7BrN2O3S/c14-8-2-1-7(6-15)9(5-8)16-12(17)10-3-4-11(20-10)13(18)19/h1-5H,(H,16,17)(H,18,19). The smallest absolute Gasteiger partial charge is 0.345 e. The number of anilines is 1. The predicted octanol–water partition coefficient (Wildman–Crippen LogP) is 3.33. The van der Waals surface area contributed by atoms with E-state index in [2.05, 4.69) is 21.2 Å². The van der Waals surface area contributed by atoms with E-state index in [0.29, 0.717) is 11.3 Å². The van der Waals surface area contributed by atoms with Gasteiger partial charge < -0.3 is 10.4 Å². The van der Waals surface area contributed by atoms with E-state index in [1.165, 1.54) is 12.1 Å². The molecule has 2 aromatic rings. The van der Waals surface area contributed by atoms with Crippen LogP contribution < -0.4 is 5.32 Å². The minimum absolute atomic E-state index is 0.0879. The topological polar surface area (TPSA) is 90.2 Å². The zero-order valence-electron chi connectivity index (χ0n) is 9.88. The van der Waals surface area contributed by atoms with Gasteiger partial charge in [-0.3, -0.25) is 4.79 Å². The Morgan fingerprint density at radius 2 is 1.95 bits per heavy atom. The van der Waals surface area contributed by atoms with Crippen molar-refractivity contribution in [2.75, 3.05) is 5.32 Å². The van der Waals surface area contributed by atoms with E-state index in [9.17, 15) is 9.59 Å². The summed E-state index contributed by atoms with van der Waals surface area (Å²) in [5, 5.41) is 20.4. The highest BCUT2D eigenvalue weighted by Crippen LogP contribution is 2.23. The maximum absolute atomic E-state index is 12.0. The maximum atomic E-state index is 12.0. The van der Waals surface area contributed by atoms with Crippen LogP contribution in [0, 0.1) is 11.3 Å². The van der Waals surface area contributed by atoms with Gasteiger partial charge in [-0.1, -0.05) is 15.9 Å². The Kier molecular flexibility index (Phi) is 4.17. The first-order valence-electron chi connectivity index (χ1n) is 5.35. The van der Waals surface area contributed by atoms with Crippen molar-refractivity contribution in [3.63, 3.8) is 0 Å². The number of amides is 1. The lowest BCUT2D eigenvalue weighted by atomic mass is 10.2. The normalized spacial score (nSPS) is 9.80. The van der Waals surface area contributed by atoms with Crippen LogP contribution in [0.3, 0.4) is 0 Å². The lowest BCUT2D eigenvalue weighted by molar-refractivity contribution is 0.0702. The van der Waals surface area contributed by atoms with Crippen molar-refractivity contribution < 1.29 is 14.7 Å². The monoisotopic (exact) mass is 350 g/mol. The van der Waals surface area contributed by atoms with Crippen LogP contribution in [-0.2, 0) is 0 Å². The summed E-state index contributed by atoms with van der Waals surface area (Å²) in [4.78, 5) is 23.1. The van der Waals surface area contributed by atoms with E-state index in [0.717, 1.165) is 15.8 Å². The summed E-state index contributed by atoms with van der Waals surface area (Å²) < 4.78 is 0.726. The molecule has 0 radical (unpaired) electrons. The Hall–Kier alpha value is -2.17. The summed E-state index contributed by atoms with van der Waals surface area (Å²) in [5.41, 5.74) is 0.703. The molecular formula is C13H7BrN2O3S. The Morgan fingerprint density at radius 1 is 1.25 bits per heavy atom. The van der Waals surface area contributed by atoms with Gasteiger partial charge in [0.2, 0.25) is 0 Å². The van der Waals surface area contributed by atoms with Crippen molar-refractivity contribution in [1.82, 2.24) is 0 Å². The Morgan fingerprint density at radius 3 is 2.55 bits per heavy atom. The number of carbonyl (C=O) groups excluding carboxylic acids is 1. The average Bonchev–Trinajstić information content (AvgIpc) is 2.89. The van der Waals surface area contributed by atoms with Crippen LogP contribution in [0.25, 0.3) is 0 Å². The number of halogens is 1. The largest absolute Gasteiger partial charge is 0.477 e.